The quantitative estimate of drug-likeness (QED) is 0.388. The molecule has 2 amide bonds. The van der Waals surface area contributed by atoms with E-state index in [1.165, 1.54) is 0 Å². The zero-order valence-electron chi connectivity index (χ0n) is 20.1. The van der Waals surface area contributed by atoms with Crippen LogP contribution in [0.5, 0.6) is 11.5 Å². The average Bonchev–Trinajstić information content (AvgIpc) is 2.91. The molecule has 36 heavy (non-hydrogen) atoms. The number of carbonyl (C=O) groups is 1. The molecule has 8 heteroatoms. The van der Waals surface area contributed by atoms with Crippen molar-refractivity contribution >= 4 is 23.2 Å². The van der Waals surface area contributed by atoms with Crippen molar-refractivity contribution in [1.29, 1.82) is 0 Å². The van der Waals surface area contributed by atoms with Crippen LogP contribution in [0, 0.1) is 0 Å². The Hall–Kier alpha value is -4.43. The van der Waals surface area contributed by atoms with Crippen molar-refractivity contribution in [3.63, 3.8) is 0 Å². The van der Waals surface area contributed by atoms with Crippen molar-refractivity contribution < 1.29 is 9.53 Å². The van der Waals surface area contributed by atoms with Crippen molar-refractivity contribution in [2.24, 2.45) is 0 Å². The molecule has 1 aliphatic heterocycles. The summed E-state index contributed by atoms with van der Waals surface area (Å²) in [5.41, 5.74) is 2.96. The number of urea groups is 1. The highest BCUT2D eigenvalue weighted by molar-refractivity contribution is 6.00. The second kappa shape index (κ2) is 10.9. The molecule has 0 aliphatic carbocycles. The fourth-order valence-corrected chi connectivity index (χ4v) is 3.96. The lowest BCUT2D eigenvalue weighted by molar-refractivity contribution is 0.262. The Morgan fingerprint density at radius 2 is 1.47 bits per heavy atom. The molecule has 1 aliphatic rings. The van der Waals surface area contributed by atoms with Gasteiger partial charge in [-0.1, -0.05) is 30.3 Å². The van der Waals surface area contributed by atoms with E-state index in [1.54, 1.807) is 12.1 Å². The molecule has 5 rings (SSSR count). The minimum atomic E-state index is -0.333. The lowest BCUT2D eigenvalue weighted by Crippen LogP contribution is -2.44. The third-order valence-electron chi connectivity index (χ3n) is 5.99. The van der Waals surface area contributed by atoms with Crippen molar-refractivity contribution in [2.45, 2.75) is 0 Å². The maximum atomic E-state index is 12.6. The van der Waals surface area contributed by atoms with E-state index in [0.717, 1.165) is 49.0 Å². The number of nitrogens with zero attached hydrogens (tertiary/aromatic N) is 4. The van der Waals surface area contributed by atoms with E-state index in [1.807, 2.05) is 78.9 Å². The number of rotatable bonds is 6. The van der Waals surface area contributed by atoms with Crippen molar-refractivity contribution in [3.05, 3.63) is 91.0 Å². The van der Waals surface area contributed by atoms with Gasteiger partial charge in [-0.05, 0) is 67.7 Å². The Morgan fingerprint density at radius 3 is 2.19 bits per heavy atom. The van der Waals surface area contributed by atoms with Crippen LogP contribution in [0.3, 0.4) is 0 Å². The summed E-state index contributed by atoms with van der Waals surface area (Å²) in [6.07, 6.45) is 0. The van der Waals surface area contributed by atoms with Crippen LogP contribution in [0.1, 0.15) is 0 Å². The number of benzene rings is 3. The Kier molecular flexibility index (Phi) is 7.05. The highest BCUT2D eigenvalue weighted by Gasteiger charge is 2.16. The third-order valence-corrected chi connectivity index (χ3v) is 5.99. The summed E-state index contributed by atoms with van der Waals surface area (Å²) in [7, 11) is 2.13. The predicted molar refractivity (Wildman–Crippen MR) is 143 cm³/mol. The number of hydrogen-bond acceptors (Lipinski definition) is 6. The maximum Gasteiger partial charge on any atom is 0.323 e. The summed E-state index contributed by atoms with van der Waals surface area (Å²) in [6, 6.07) is 28.0. The Bertz CT molecular complexity index is 1290. The van der Waals surface area contributed by atoms with Crippen LogP contribution in [0.25, 0.3) is 11.3 Å². The molecule has 0 radical (unpaired) electrons. The second-order valence-electron chi connectivity index (χ2n) is 8.67. The molecule has 0 spiro atoms. The molecule has 8 nitrogen and oxygen atoms in total. The van der Waals surface area contributed by atoms with Crippen molar-refractivity contribution in [3.8, 4) is 22.8 Å². The monoisotopic (exact) mass is 480 g/mol. The van der Waals surface area contributed by atoms with Gasteiger partial charge in [0.15, 0.2) is 5.82 Å². The van der Waals surface area contributed by atoms with Gasteiger partial charge in [0.25, 0.3) is 0 Å². The second-order valence-corrected chi connectivity index (χ2v) is 8.67. The molecule has 1 fully saturated rings. The summed E-state index contributed by atoms with van der Waals surface area (Å²) < 4.78 is 5.79. The maximum absolute atomic E-state index is 12.6. The number of hydrogen-bond donors (Lipinski definition) is 2. The zero-order valence-corrected chi connectivity index (χ0v) is 20.1. The first-order chi connectivity index (χ1) is 17.6. The van der Waals surface area contributed by atoms with Gasteiger partial charge < -0.3 is 25.2 Å². The minimum Gasteiger partial charge on any atom is -0.457 e. The minimum absolute atomic E-state index is 0.333. The first-order valence-corrected chi connectivity index (χ1v) is 11.9. The number of carbonyl (C=O) groups excluding carboxylic acids is 1. The number of amides is 2. The lowest BCUT2D eigenvalue weighted by Gasteiger charge is -2.32. The van der Waals surface area contributed by atoms with Gasteiger partial charge in [-0.3, -0.25) is 0 Å². The molecule has 0 atom stereocenters. The molecule has 0 unspecified atom stereocenters. The molecular formula is C28H28N6O2. The van der Waals surface area contributed by atoms with Crippen LogP contribution in [0.4, 0.5) is 22.0 Å². The number of likely N-dealkylation sites (N-methyl/N-ethyl adjacent to an activating group) is 1. The molecule has 0 bridgehead atoms. The number of para-hydroxylation sites is 1. The molecule has 3 aromatic carbocycles. The SMILES string of the molecule is CN1CCN(c2ccc(-c3cccc(NC(=O)Nc4ccc(Oc5ccccc5)cc4)c3)nn2)CC1. The summed E-state index contributed by atoms with van der Waals surface area (Å²) >= 11 is 0. The lowest BCUT2D eigenvalue weighted by atomic mass is 10.1. The zero-order chi connectivity index (χ0) is 24.7. The van der Waals surface area contributed by atoms with Gasteiger partial charge in [-0.25, -0.2) is 4.79 Å². The number of nitrogens with one attached hydrogen (secondary N) is 2. The molecule has 2 N–H and O–H groups in total. The molecule has 0 saturated carbocycles. The van der Waals surface area contributed by atoms with Gasteiger partial charge >= 0.3 is 6.03 Å². The van der Waals surface area contributed by atoms with Crippen LogP contribution < -0.4 is 20.3 Å². The van der Waals surface area contributed by atoms with Gasteiger partial charge in [0.2, 0.25) is 0 Å². The number of ether oxygens (including phenoxy) is 1. The van der Waals surface area contributed by atoms with Gasteiger partial charge in [0.05, 0.1) is 5.69 Å². The summed E-state index contributed by atoms with van der Waals surface area (Å²) in [5, 5.41) is 14.6. The van der Waals surface area contributed by atoms with E-state index >= 15 is 0 Å². The average molecular weight is 481 g/mol. The third kappa shape index (κ3) is 5.97. The molecule has 182 valence electrons. The van der Waals surface area contributed by atoms with E-state index in [4.69, 9.17) is 4.74 Å². The first-order valence-electron chi connectivity index (χ1n) is 11.9. The number of anilines is 3. The van der Waals surface area contributed by atoms with Gasteiger partial charge in [-0.15, -0.1) is 10.2 Å². The Labute approximate surface area is 210 Å². The fraction of sp³-hybridized carbons (Fsp3) is 0.179. The molecule has 2 heterocycles. The molecule has 1 aromatic heterocycles. The Morgan fingerprint density at radius 1 is 0.750 bits per heavy atom. The standard InChI is InChI=1S/C28H28N6O2/c1-33-16-18-34(19-17-33)27-15-14-26(31-32-27)21-6-5-7-23(20-21)30-28(35)29-22-10-12-25(13-11-22)36-24-8-3-2-4-9-24/h2-15,20H,16-19H2,1H3,(H2,29,30,35). The van der Waals surface area contributed by atoms with Gasteiger partial charge in [0, 0.05) is 43.1 Å². The van der Waals surface area contributed by atoms with Crippen LogP contribution in [-0.2, 0) is 0 Å². The van der Waals surface area contributed by atoms with E-state index < -0.39 is 0 Å². The molecular weight excluding hydrogens is 452 g/mol. The highest BCUT2D eigenvalue weighted by atomic mass is 16.5. The van der Waals surface area contributed by atoms with Crippen LogP contribution in [0.15, 0.2) is 91.0 Å². The van der Waals surface area contributed by atoms with E-state index in [2.05, 4.69) is 37.7 Å². The summed E-state index contributed by atoms with van der Waals surface area (Å²) in [5.74, 6) is 2.34. The smallest absolute Gasteiger partial charge is 0.323 e. The Balaban J connectivity index is 1.18. The first kappa shape index (κ1) is 23.3. The van der Waals surface area contributed by atoms with E-state index in [-0.39, 0.29) is 6.03 Å². The van der Waals surface area contributed by atoms with Crippen LogP contribution >= 0.6 is 0 Å². The molecule has 4 aromatic rings. The number of aromatic nitrogens is 2. The largest absolute Gasteiger partial charge is 0.457 e. The van der Waals surface area contributed by atoms with Crippen LogP contribution in [0.2, 0.25) is 0 Å². The van der Waals surface area contributed by atoms with E-state index in [9.17, 15) is 4.79 Å². The predicted octanol–water partition coefficient (Wildman–Crippen LogP) is 5.33. The van der Waals surface area contributed by atoms with Crippen molar-refractivity contribution in [2.75, 3.05) is 48.8 Å². The van der Waals surface area contributed by atoms with Crippen molar-refractivity contribution in [1.82, 2.24) is 15.1 Å². The molecule has 1 saturated heterocycles. The van der Waals surface area contributed by atoms with E-state index in [0.29, 0.717) is 17.1 Å². The fourth-order valence-electron chi connectivity index (χ4n) is 3.96. The van der Waals surface area contributed by atoms with Gasteiger partial charge in [-0.2, -0.15) is 0 Å². The van der Waals surface area contributed by atoms with Gasteiger partial charge in [0.1, 0.15) is 11.5 Å². The summed E-state index contributed by atoms with van der Waals surface area (Å²) in [4.78, 5) is 17.1. The number of piperazine rings is 1. The van der Waals surface area contributed by atoms with Crippen LogP contribution in [-0.4, -0.2) is 54.4 Å². The normalized spacial score (nSPS) is 13.8. The highest BCUT2D eigenvalue weighted by Crippen LogP contribution is 2.24. The summed E-state index contributed by atoms with van der Waals surface area (Å²) in [6.45, 7) is 3.93. The topological polar surface area (TPSA) is 82.6 Å².